The third-order valence-corrected chi connectivity index (χ3v) is 5.77. The van der Waals surface area contributed by atoms with Crippen molar-refractivity contribution in [2.45, 2.75) is 26.5 Å². The molecule has 1 aromatic rings. The maximum atomic E-state index is 12.4. The summed E-state index contributed by atoms with van der Waals surface area (Å²) in [4.78, 5) is 30.5. The van der Waals surface area contributed by atoms with Gasteiger partial charge in [-0.2, -0.15) is 0 Å². The van der Waals surface area contributed by atoms with Crippen LogP contribution in [0.2, 0.25) is 0 Å². The van der Waals surface area contributed by atoms with Crippen LogP contribution in [0.4, 0.5) is 0 Å². The van der Waals surface area contributed by atoms with E-state index in [2.05, 4.69) is 36.1 Å². The van der Waals surface area contributed by atoms with Gasteiger partial charge in [-0.3, -0.25) is 14.5 Å². The average Bonchev–Trinajstić information content (AvgIpc) is 2.63. The fourth-order valence-electron chi connectivity index (χ4n) is 3.17. The quantitative estimate of drug-likeness (QED) is 0.697. The molecule has 1 aromatic carbocycles. The summed E-state index contributed by atoms with van der Waals surface area (Å²) in [7, 11) is 0. The molecule has 1 aliphatic heterocycles. The van der Waals surface area contributed by atoms with Crippen LogP contribution in [0.15, 0.2) is 24.3 Å². The van der Waals surface area contributed by atoms with E-state index in [1.807, 2.05) is 23.6 Å². The molecule has 2 rings (SSSR count). The molecule has 1 saturated heterocycles. The second kappa shape index (κ2) is 10.6. The number of piperazine rings is 1. The van der Waals surface area contributed by atoms with Crippen molar-refractivity contribution in [2.24, 2.45) is 0 Å². The number of rotatable bonds is 8. The zero-order valence-electron chi connectivity index (χ0n) is 16.2. The molecule has 2 amide bonds. The van der Waals surface area contributed by atoms with E-state index in [0.29, 0.717) is 12.3 Å². The summed E-state index contributed by atoms with van der Waals surface area (Å²) in [5.41, 5.74) is 2.52. The molecular weight excluding hydrogens is 346 g/mol. The fraction of sp³-hybridized carbons (Fsp3) is 0.600. The van der Waals surface area contributed by atoms with Crippen LogP contribution in [0.3, 0.4) is 0 Å². The van der Waals surface area contributed by atoms with Gasteiger partial charge in [-0.1, -0.05) is 29.8 Å². The SMILES string of the molecule is CCN(CC)C(=O)CN1CCN(C(=O)CSCc2cccc(C)c2)CC1. The zero-order chi connectivity index (χ0) is 18.9. The standard InChI is InChI=1S/C20H31N3O2S/c1-4-22(5-2)19(24)14-21-9-11-23(12-10-21)20(25)16-26-15-18-8-6-7-17(3)13-18/h6-8,13H,4-5,9-12,14-16H2,1-3H3. The second-order valence-corrected chi connectivity index (χ2v) is 7.69. The molecule has 0 radical (unpaired) electrons. The van der Waals surface area contributed by atoms with Crippen LogP contribution < -0.4 is 0 Å². The minimum atomic E-state index is 0.184. The van der Waals surface area contributed by atoms with Crippen molar-refractivity contribution in [3.63, 3.8) is 0 Å². The summed E-state index contributed by atoms with van der Waals surface area (Å²) in [5.74, 6) is 1.78. The number of aryl methyl sites for hydroxylation is 1. The Labute approximate surface area is 161 Å². The Morgan fingerprint density at radius 3 is 2.42 bits per heavy atom. The molecule has 0 N–H and O–H groups in total. The average molecular weight is 378 g/mol. The van der Waals surface area contributed by atoms with Crippen molar-refractivity contribution in [1.82, 2.24) is 14.7 Å². The van der Waals surface area contributed by atoms with Gasteiger partial charge in [0.2, 0.25) is 11.8 Å². The topological polar surface area (TPSA) is 43.9 Å². The van der Waals surface area contributed by atoms with Crippen molar-refractivity contribution >= 4 is 23.6 Å². The molecule has 0 saturated carbocycles. The maximum Gasteiger partial charge on any atom is 0.236 e. The molecule has 0 bridgehead atoms. The number of amides is 2. The van der Waals surface area contributed by atoms with E-state index >= 15 is 0 Å². The second-order valence-electron chi connectivity index (χ2n) is 6.70. The largest absolute Gasteiger partial charge is 0.342 e. The van der Waals surface area contributed by atoms with Gasteiger partial charge in [0, 0.05) is 45.0 Å². The first kappa shape index (κ1) is 20.8. The van der Waals surface area contributed by atoms with Crippen molar-refractivity contribution in [3.05, 3.63) is 35.4 Å². The molecule has 1 heterocycles. The zero-order valence-corrected chi connectivity index (χ0v) is 17.1. The molecule has 0 aromatic heterocycles. The Balaban J connectivity index is 1.68. The predicted octanol–water partition coefficient (Wildman–Crippen LogP) is 2.24. The van der Waals surface area contributed by atoms with Gasteiger partial charge in [-0.05, 0) is 26.3 Å². The molecule has 0 atom stereocenters. The number of nitrogens with zero attached hydrogens (tertiary/aromatic N) is 3. The molecular formula is C20H31N3O2S. The Bertz CT molecular complexity index is 596. The lowest BCUT2D eigenvalue weighted by Crippen LogP contribution is -2.52. The van der Waals surface area contributed by atoms with E-state index in [4.69, 9.17) is 0 Å². The lowest BCUT2D eigenvalue weighted by Gasteiger charge is -2.35. The molecule has 0 spiro atoms. The van der Waals surface area contributed by atoms with Crippen molar-refractivity contribution in [1.29, 1.82) is 0 Å². The number of likely N-dealkylation sites (N-methyl/N-ethyl adjacent to an activating group) is 1. The van der Waals surface area contributed by atoms with E-state index in [0.717, 1.165) is 45.0 Å². The predicted molar refractivity (Wildman–Crippen MR) is 108 cm³/mol. The van der Waals surface area contributed by atoms with Crippen LogP contribution in [0.25, 0.3) is 0 Å². The molecule has 1 aliphatic rings. The van der Waals surface area contributed by atoms with Gasteiger partial charge in [0.1, 0.15) is 0 Å². The van der Waals surface area contributed by atoms with Crippen LogP contribution in [-0.4, -0.2) is 78.1 Å². The van der Waals surface area contributed by atoms with Crippen molar-refractivity contribution < 1.29 is 9.59 Å². The van der Waals surface area contributed by atoms with E-state index in [-0.39, 0.29) is 11.8 Å². The molecule has 0 unspecified atom stereocenters. The highest BCUT2D eigenvalue weighted by Crippen LogP contribution is 2.15. The lowest BCUT2D eigenvalue weighted by atomic mass is 10.2. The fourth-order valence-corrected chi connectivity index (χ4v) is 4.05. The van der Waals surface area contributed by atoms with E-state index < -0.39 is 0 Å². The molecule has 1 fully saturated rings. The summed E-state index contributed by atoms with van der Waals surface area (Å²) < 4.78 is 0. The highest BCUT2D eigenvalue weighted by molar-refractivity contribution is 7.99. The van der Waals surface area contributed by atoms with Gasteiger partial charge in [-0.25, -0.2) is 0 Å². The van der Waals surface area contributed by atoms with Crippen LogP contribution in [0, 0.1) is 6.92 Å². The van der Waals surface area contributed by atoms with E-state index in [1.54, 1.807) is 11.8 Å². The lowest BCUT2D eigenvalue weighted by molar-refractivity contribution is -0.133. The number of hydrogen-bond donors (Lipinski definition) is 0. The number of benzene rings is 1. The molecule has 6 heteroatoms. The summed E-state index contributed by atoms with van der Waals surface area (Å²) in [5, 5.41) is 0. The molecule has 144 valence electrons. The van der Waals surface area contributed by atoms with Crippen LogP contribution in [0.5, 0.6) is 0 Å². The first-order valence-corrected chi connectivity index (χ1v) is 10.6. The summed E-state index contributed by atoms with van der Waals surface area (Å²) >= 11 is 1.67. The number of hydrogen-bond acceptors (Lipinski definition) is 4. The number of carbonyl (C=O) groups excluding carboxylic acids is 2. The van der Waals surface area contributed by atoms with E-state index in [1.165, 1.54) is 11.1 Å². The van der Waals surface area contributed by atoms with Gasteiger partial charge < -0.3 is 9.80 Å². The highest BCUT2D eigenvalue weighted by atomic mass is 32.2. The summed E-state index contributed by atoms with van der Waals surface area (Å²) in [6.07, 6.45) is 0. The van der Waals surface area contributed by atoms with Crippen LogP contribution >= 0.6 is 11.8 Å². The number of thioether (sulfide) groups is 1. The Hall–Kier alpha value is -1.53. The number of carbonyl (C=O) groups is 2. The van der Waals surface area contributed by atoms with Gasteiger partial charge in [0.15, 0.2) is 0 Å². The third kappa shape index (κ3) is 6.32. The maximum absolute atomic E-state index is 12.4. The first-order valence-electron chi connectivity index (χ1n) is 9.44. The molecule has 5 nitrogen and oxygen atoms in total. The van der Waals surface area contributed by atoms with E-state index in [9.17, 15) is 9.59 Å². The third-order valence-electron chi connectivity index (χ3n) is 4.78. The normalized spacial score (nSPS) is 15.1. The van der Waals surface area contributed by atoms with Crippen LogP contribution in [0.1, 0.15) is 25.0 Å². The smallest absolute Gasteiger partial charge is 0.236 e. The monoisotopic (exact) mass is 377 g/mol. The first-order chi connectivity index (χ1) is 12.5. The molecule has 0 aliphatic carbocycles. The van der Waals surface area contributed by atoms with Crippen molar-refractivity contribution in [2.75, 3.05) is 51.6 Å². The van der Waals surface area contributed by atoms with Crippen molar-refractivity contribution in [3.8, 4) is 0 Å². The Morgan fingerprint density at radius 1 is 1.12 bits per heavy atom. The summed E-state index contributed by atoms with van der Waals surface area (Å²) in [6.45, 7) is 11.1. The van der Waals surface area contributed by atoms with Gasteiger partial charge in [0.25, 0.3) is 0 Å². The minimum absolute atomic E-state index is 0.184. The highest BCUT2D eigenvalue weighted by Gasteiger charge is 2.23. The van der Waals surface area contributed by atoms with Gasteiger partial charge in [-0.15, -0.1) is 11.8 Å². The Morgan fingerprint density at radius 2 is 1.81 bits per heavy atom. The minimum Gasteiger partial charge on any atom is -0.342 e. The Kier molecular flexibility index (Phi) is 8.45. The van der Waals surface area contributed by atoms with Crippen LogP contribution in [-0.2, 0) is 15.3 Å². The van der Waals surface area contributed by atoms with Gasteiger partial charge >= 0.3 is 0 Å². The van der Waals surface area contributed by atoms with Gasteiger partial charge in [0.05, 0.1) is 12.3 Å². The molecule has 26 heavy (non-hydrogen) atoms. The summed E-state index contributed by atoms with van der Waals surface area (Å²) in [6, 6.07) is 8.43.